The van der Waals surface area contributed by atoms with Gasteiger partial charge >= 0.3 is 6.61 Å². The SMILES string of the molecule is C[C@H](COS(C)(=O)=O)[C@H](O)c1ccc(OC(F)F)cc1. The van der Waals surface area contributed by atoms with Crippen LogP contribution in [0.2, 0.25) is 0 Å². The van der Waals surface area contributed by atoms with Crippen molar-refractivity contribution >= 4 is 10.1 Å². The molecule has 0 fully saturated rings. The van der Waals surface area contributed by atoms with Crippen LogP contribution < -0.4 is 4.74 Å². The summed E-state index contributed by atoms with van der Waals surface area (Å²) >= 11 is 0. The molecular weight excluding hydrogens is 294 g/mol. The fraction of sp³-hybridized carbons (Fsp3) is 0.500. The number of halogens is 2. The molecule has 0 spiro atoms. The average Bonchev–Trinajstić information content (AvgIpc) is 2.34. The van der Waals surface area contributed by atoms with Gasteiger partial charge in [0.15, 0.2) is 0 Å². The fourth-order valence-electron chi connectivity index (χ4n) is 1.50. The molecule has 1 aromatic carbocycles. The van der Waals surface area contributed by atoms with E-state index in [-0.39, 0.29) is 12.4 Å². The molecule has 1 N–H and O–H groups in total. The Balaban J connectivity index is 2.64. The van der Waals surface area contributed by atoms with Crippen LogP contribution in [0.4, 0.5) is 8.78 Å². The van der Waals surface area contributed by atoms with Gasteiger partial charge in [-0.05, 0) is 17.7 Å². The molecule has 0 aliphatic carbocycles. The molecule has 0 bridgehead atoms. The van der Waals surface area contributed by atoms with Gasteiger partial charge in [-0.2, -0.15) is 17.2 Å². The minimum atomic E-state index is -3.57. The Kier molecular flexibility index (Phi) is 5.85. The minimum absolute atomic E-state index is 0.0176. The maximum absolute atomic E-state index is 12.0. The Morgan fingerprint density at radius 3 is 2.25 bits per heavy atom. The summed E-state index contributed by atoms with van der Waals surface area (Å²) < 4.78 is 54.4. The van der Waals surface area contributed by atoms with Gasteiger partial charge in [0.2, 0.25) is 0 Å². The first kappa shape index (κ1) is 16.8. The van der Waals surface area contributed by atoms with E-state index in [4.69, 9.17) is 0 Å². The number of aliphatic hydroxyl groups excluding tert-OH is 1. The largest absolute Gasteiger partial charge is 0.435 e. The Morgan fingerprint density at radius 2 is 1.80 bits per heavy atom. The van der Waals surface area contributed by atoms with Crippen LogP contribution in [-0.2, 0) is 14.3 Å². The van der Waals surface area contributed by atoms with Crippen molar-refractivity contribution in [2.45, 2.75) is 19.6 Å². The quantitative estimate of drug-likeness (QED) is 0.779. The molecule has 20 heavy (non-hydrogen) atoms. The normalized spacial score (nSPS) is 15.1. The first-order valence-corrected chi connectivity index (χ1v) is 7.58. The van der Waals surface area contributed by atoms with Crippen LogP contribution in [0.3, 0.4) is 0 Å². The van der Waals surface area contributed by atoms with Gasteiger partial charge in [0.1, 0.15) is 5.75 Å². The second-order valence-corrected chi connectivity index (χ2v) is 6.00. The lowest BCUT2D eigenvalue weighted by Crippen LogP contribution is -2.17. The van der Waals surface area contributed by atoms with E-state index in [9.17, 15) is 22.3 Å². The van der Waals surface area contributed by atoms with E-state index in [0.29, 0.717) is 5.56 Å². The summed E-state index contributed by atoms with van der Waals surface area (Å²) in [7, 11) is -3.57. The predicted octanol–water partition coefficient (Wildman–Crippen LogP) is 1.93. The van der Waals surface area contributed by atoms with Gasteiger partial charge in [0.05, 0.1) is 19.0 Å². The zero-order valence-electron chi connectivity index (χ0n) is 11.0. The lowest BCUT2D eigenvalue weighted by Gasteiger charge is -2.18. The molecule has 1 rings (SSSR count). The van der Waals surface area contributed by atoms with Crippen molar-refractivity contribution in [1.29, 1.82) is 0 Å². The van der Waals surface area contributed by atoms with Crippen molar-refractivity contribution in [1.82, 2.24) is 0 Å². The van der Waals surface area contributed by atoms with Crippen molar-refractivity contribution in [3.63, 3.8) is 0 Å². The molecule has 0 radical (unpaired) electrons. The van der Waals surface area contributed by atoms with Gasteiger partial charge in [0.25, 0.3) is 10.1 Å². The van der Waals surface area contributed by atoms with Crippen molar-refractivity contribution in [3.05, 3.63) is 29.8 Å². The lowest BCUT2D eigenvalue weighted by molar-refractivity contribution is -0.0498. The Morgan fingerprint density at radius 1 is 1.25 bits per heavy atom. The highest BCUT2D eigenvalue weighted by molar-refractivity contribution is 7.85. The van der Waals surface area contributed by atoms with Gasteiger partial charge in [-0.3, -0.25) is 4.18 Å². The topological polar surface area (TPSA) is 72.8 Å². The molecule has 0 saturated heterocycles. The van der Waals surface area contributed by atoms with Crippen LogP contribution >= 0.6 is 0 Å². The number of aliphatic hydroxyl groups is 1. The van der Waals surface area contributed by atoms with Gasteiger partial charge in [0, 0.05) is 5.92 Å². The van der Waals surface area contributed by atoms with Crippen LogP contribution in [-0.4, -0.2) is 33.0 Å². The molecule has 0 unspecified atom stereocenters. The first-order chi connectivity index (χ1) is 9.19. The number of ether oxygens (including phenoxy) is 1. The van der Waals surface area contributed by atoms with E-state index in [1.54, 1.807) is 6.92 Å². The Labute approximate surface area is 116 Å². The second kappa shape index (κ2) is 6.96. The maximum atomic E-state index is 12.0. The van der Waals surface area contributed by atoms with E-state index in [2.05, 4.69) is 8.92 Å². The average molecular weight is 310 g/mol. The summed E-state index contributed by atoms with van der Waals surface area (Å²) in [6.07, 6.45) is -0.0555. The molecule has 2 atom stereocenters. The minimum Gasteiger partial charge on any atom is -0.435 e. The van der Waals surface area contributed by atoms with Gasteiger partial charge < -0.3 is 9.84 Å². The van der Waals surface area contributed by atoms with Crippen LogP contribution in [0.15, 0.2) is 24.3 Å². The number of rotatable bonds is 7. The van der Waals surface area contributed by atoms with E-state index in [1.807, 2.05) is 0 Å². The molecule has 0 aliphatic heterocycles. The van der Waals surface area contributed by atoms with Crippen LogP contribution in [0, 0.1) is 5.92 Å². The maximum Gasteiger partial charge on any atom is 0.387 e. The second-order valence-electron chi connectivity index (χ2n) is 4.36. The predicted molar refractivity (Wildman–Crippen MR) is 68.0 cm³/mol. The number of benzene rings is 1. The Bertz CT molecular complexity index is 515. The molecule has 114 valence electrons. The highest BCUT2D eigenvalue weighted by Gasteiger charge is 2.19. The van der Waals surface area contributed by atoms with E-state index in [1.165, 1.54) is 24.3 Å². The third-order valence-corrected chi connectivity index (χ3v) is 3.10. The lowest BCUT2D eigenvalue weighted by atomic mass is 9.98. The molecule has 8 heteroatoms. The molecular formula is C12H16F2O5S. The van der Waals surface area contributed by atoms with Crippen LogP contribution in [0.25, 0.3) is 0 Å². The van der Waals surface area contributed by atoms with Crippen molar-refractivity contribution < 1.29 is 31.2 Å². The van der Waals surface area contributed by atoms with E-state index >= 15 is 0 Å². The molecule has 1 aromatic rings. The Hall–Kier alpha value is -1.25. The summed E-state index contributed by atoms with van der Waals surface area (Å²) in [5.41, 5.74) is 0.455. The highest BCUT2D eigenvalue weighted by Crippen LogP contribution is 2.25. The zero-order chi connectivity index (χ0) is 15.3. The van der Waals surface area contributed by atoms with Crippen molar-refractivity contribution in [2.75, 3.05) is 12.9 Å². The summed E-state index contributed by atoms with van der Waals surface area (Å²) in [5.74, 6) is -0.498. The number of hydrogen-bond acceptors (Lipinski definition) is 5. The third-order valence-electron chi connectivity index (χ3n) is 2.53. The third kappa shape index (κ3) is 5.81. The zero-order valence-corrected chi connectivity index (χ0v) is 11.8. The van der Waals surface area contributed by atoms with Crippen LogP contribution in [0.5, 0.6) is 5.75 Å². The van der Waals surface area contributed by atoms with Crippen LogP contribution in [0.1, 0.15) is 18.6 Å². The summed E-state index contributed by atoms with van der Waals surface area (Å²) in [6, 6.07) is 5.46. The number of hydrogen-bond donors (Lipinski definition) is 1. The standard InChI is InChI=1S/C12H16F2O5S/c1-8(7-18-20(2,16)17)11(15)9-3-5-10(6-4-9)19-12(13)14/h3-6,8,11-12,15H,7H2,1-2H3/t8-,11+/m1/s1. The van der Waals surface area contributed by atoms with Gasteiger partial charge in [-0.1, -0.05) is 19.1 Å². The fourth-order valence-corrected chi connectivity index (χ4v) is 1.96. The summed E-state index contributed by atoms with van der Waals surface area (Å²) in [4.78, 5) is 0. The monoisotopic (exact) mass is 310 g/mol. The molecule has 0 saturated carbocycles. The first-order valence-electron chi connectivity index (χ1n) is 5.76. The van der Waals surface area contributed by atoms with Gasteiger partial charge in [-0.15, -0.1) is 0 Å². The van der Waals surface area contributed by atoms with E-state index < -0.39 is 28.8 Å². The van der Waals surface area contributed by atoms with Gasteiger partial charge in [-0.25, -0.2) is 0 Å². The molecule has 0 heterocycles. The summed E-state index contributed by atoms with van der Waals surface area (Å²) in [6.45, 7) is -1.47. The number of alkyl halides is 2. The molecule has 0 aliphatic rings. The van der Waals surface area contributed by atoms with Crippen molar-refractivity contribution in [3.8, 4) is 5.75 Å². The van der Waals surface area contributed by atoms with E-state index in [0.717, 1.165) is 6.26 Å². The smallest absolute Gasteiger partial charge is 0.387 e. The highest BCUT2D eigenvalue weighted by atomic mass is 32.2. The molecule has 5 nitrogen and oxygen atoms in total. The molecule has 0 amide bonds. The van der Waals surface area contributed by atoms with Crippen molar-refractivity contribution in [2.24, 2.45) is 5.92 Å². The molecule has 0 aromatic heterocycles. The summed E-state index contributed by atoms with van der Waals surface area (Å²) in [5, 5.41) is 9.99.